The van der Waals surface area contributed by atoms with E-state index in [9.17, 15) is 14.4 Å². The van der Waals surface area contributed by atoms with Crippen LogP contribution in [0.5, 0.6) is 0 Å². The van der Waals surface area contributed by atoms with Crippen molar-refractivity contribution in [3.05, 3.63) is 59.4 Å². The van der Waals surface area contributed by atoms with Gasteiger partial charge in [-0.2, -0.15) is 0 Å². The number of anilines is 1. The van der Waals surface area contributed by atoms with E-state index in [0.29, 0.717) is 24.3 Å². The number of carbonyl (C=O) groups excluding carboxylic acids is 3. The van der Waals surface area contributed by atoms with Gasteiger partial charge in [0, 0.05) is 18.8 Å². The van der Waals surface area contributed by atoms with Crippen LogP contribution in [0.2, 0.25) is 0 Å². The van der Waals surface area contributed by atoms with Crippen molar-refractivity contribution in [2.45, 2.75) is 0 Å². The first kappa shape index (κ1) is 20.1. The second-order valence-corrected chi connectivity index (χ2v) is 5.99. The van der Waals surface area contributed by atoms with Gasteiger partial charge in [-0.1, -0.05) is 12.1 Å². The predicted molar refractivity (Wildman–Crippen MR) is 101 cm³/mol. The fourth-order valence-corrected chi connectivity index (χ4v) is 2.21. The summed E-state index contributed by atoms with van der Waals surface area (Å²) in [5.74, 6) is -1.33. The number of aromatic nitrogens is 1. The van der Waals surface area contributed by atoms with E-state index in [1.54, 1.807) is 30.3 Å². The lowest BCUT2D eigenvalue weighted by Crippen LogP contribution is -2.32. The Hall–Kier alpha value is -3.26. The maximum absolute atomic E-state index is 12.4. The summed E-state index contributed by atoms with van der Waals surface area (Å²) in [5.41, 5.74) is 0.992. The number of hydrogen-bond donors (Lipinski definition) is 2. The van der Waals surface area contributed by atoms with E-state index in [0.717, 1.165) is 0 Å². The minimum Gasteiger partial charge on any atom is -0.465 e. The van der Waals surface area contributed by atoms with Crippen LogP contribution >= 0.6 is 0 Å². The summed E-state index contributed by atoms with van der Waals surface area (Å²) < 4.78 is 4.66. The van der Waals surface area contributed by atoms with Crippen molar-refractivity contribution in [3.63, 3.8) is 0 Å². The normalized spacial score (nSPS) is 10.4. The molecule has 0 saturated carbocycles. The molecule has 8 nitrogen and oxygen atoms in total. The number of carbonyl (C=O) groups is 3. The van der Waals surface area contributed by atoms with Gasteiger partial charge in [-0.25, -0.2) is 9.78 Å². The van der Waals surface area contributed by atoms with Crippen molar-refractivity contribution in [1.29, 1.82) is 0 Å². The Kier molecular flexibility index (Phi) is 7.01. The van der Waals surface area contributed by atoms with Crippen LogP contribution in [0, 0.1) is 0 Å². The van der Waals surface area contributed by atoms with Gasteiger partial charge in [0.2, 0.25) is 0 Å². The quantitative estimate of drug-likeness (QED) is 0.715. The smallest absolute Gasteiger partial charge is 0.337 e. The average molecular weight is 370 g/mol. The van der Waals surface area contributed by atoms with E-state index >= 15 is 0 Å². The molecule has 0 spiro atoms. The Labute approximate surface area is 157 Å². The third kappa shape index (κ3) is 5.89. The lowest BCUT2D eigenvalue weighted by molar-refractivity contribution is 0.0600. The Morgan fingerprint density at radius 1 is 1.04 bits per heavy atom. The minimum atomic E-state index is -0.499. The third-order valence-corrected chi connectivity index (χ3v) is 3.60. The number of ether oxygens (including phenoxy) is 1. The molecule has 0 fully saturated rings. The Morgan fingerprint density at radius 3 is 2.37 bits per heavy atom. The van der Waals surface area contributed by atoms with Crippen LogP contribution in [0.15, 0.2) is 42.5 Å². The zero-order valence-electron chi connectivity index (χ0n) is 15.5. The molecule has 142 valence electrons. The SMILES string of the molecule is COC(=O)c1cccc(NC(=O)c2cccc(C(=O)NCCN(C)C)n2)c1. The molecule has 1 aromatic carbocycles. The van der Waals surface area contributed by atoms with Crippen LogP contribution < -0.4 is 10.6 Å². The molecule has 0 atom stereocenters. The highest BCUT2D eigenvalue weighted by Crippen LogP contribution is 2.13. The van der Waals surface area contributed by atoms with Crippen molar-refractivity contribution >= 4 is 23.5 Å². The standard InChI is InChI=1S/C19H22N4O4/c1-23(2)11-10-20-17(24)15-8-5-9-16(22-15)18(25)21-14-7-4-6-13(12-14)19(26)27-3/h4-9,12H,10-11H2,1-3H3,(H,20,24)(H,21,25). The van der Waals surface area contributed by atoms with Gasteiger partial charge in [0.05, 0.1) is 12.7 Å². The number of benzene rings is 1. The van der Waals surface area contributed by atoms with E-state index in [2.05, 4.69) is 20.4 Å². The molecule has 0 aliphatic carbocycles. The van der Waals surface area contributed by atoms with Gasteiger partial charge in [0.1, 0.15) is 11.4 Å². The van der Waals surface area contributed by atoms with Gasteiger partial charge >= 0.3 is 5.97 Å². The van der Waals surface area contributed by atoms with Gasteiger partial charge in [0.25, 0.3) is 11.8 Å². The fourth-order valence-electron chi connectivity index (χ4n) is 2.21. The summed E-state index contributed by atoms with van der Waals surface area (Å²) in [4.78, 5) is 42.2. The molecule has 0 bridgehead atoms. The highest BCUT2D eigenvalue weighted by Gasteiger charge is 2.13. The van der Waals surface area contributed by atoms with Crippen molar-refractivity contribution in [1.82, 2.24) is 15.2 Å². The Bertz CT molecular complexity index is 836. The molecule has 0 radical (unpaired) electrons. The van der Waals surface area contributed by atoms with E-state index < -0.39 is 11.9 Å². The Morgan fingerprint density at radius 2 is 1.70 bits per heavy atom. The van der Waals surface area contributed by atoms with Gasteiger partial charge < -0.3 is 20.3 Å². The molecule has 0 saturated heterocycles. The van der Waals surface area contributed by atoms with Crippen molar-refractivity contribution < 1.29 is 19.1 Å². The fraction of sp³-hybridized carbons (Fsp3) is 0.263. The largest absolute Gasteiger partial charge is 0.465 e. The summed E-state index contributed by atoms with van der Waals surface area (Å²) in [6, 6.07) is 11.0. The monoisotopic (exact) mass is 370 g/mol. The maximum atomic E-state index is 12.4. The second-order valence-electron chi connectivity index (χ2n) is 5.99. The van der Waals surface area contributed by atoms with E-state index in [1.165, 1.54) is 19.2 Å². The summed E-state index contributed by atoms with van der Waals surface area (Å²) in [7, 11) is 5.10. The molecule has 0 aliphatic heterocycles. The molecule has 27 heavy (non-hydrogen) atoms. The third-order valence-electron chi connectivity index (χ3n) is 3.60. The first-order valence-electron chi connectivity index (χ1n) is 8.30. The first-order chi connectivity index (χ1) is 12.9. The molecule has 2 rings (SSSR count). The zero-order valence-corrected chi connectivity index (χ0v) is 15.5. The van der Waals surface area contributed by atoms with Gasteiger partial charge in [0.15, 0.2) is 0 Å². The summed E-state index contributed by atoms with van der Waals surface area (Å²) in [6.45, 7) is 1.17. The molecule has 0 aliphatic rings. The number of nitrogens with zero attached hydrogens (tertiary/aromatic N) is 2. The minimum absolute atomic E-state index is 0.0960. The molecule has 2 aromatic rings. The first-order valence-corrected chi connectivity index (χ1v) is 8.30. The number of pyridine rings is 1. The summed E-state index contributed by atoms with van der Waals surface area (Å²) in [5, 5.41) is 5.40. The lowest BCUT2D eigenvalue weighted by atomic mass is 10.2. The van der Waals surface area contributed by atoms with Crippen LogP contribution in [0.3, 0.4) is 0 Å². The van der Waals surface area contributed by atoms with Crippen LogP contribution in [0.1, 0.15) is 31.3 Å². The van der Waals surface area contributed by atoms with Gasteiger partial charge in [-0.15, -0.1) is 0 Å². The summed E-state index contributed by atoms with van der Waals surface area (Å²) in [6.07, 6.45) is 0. The molecule has 8 heteroatoms. The molecule has 2 amide bonds. The number of hydrogen-bond acceptors (Lipinski definition) is 6. The van der Waals surface area contributed by atoms with Crippen molar-refractivity contribution in [2.24, 2.45) is 0 Å². The van der Waals surface area contributed by atoms with E-state index in [-0.39, 0.29) is 17.3 Å². The van der Waals surface area contributed by atoms with E-state index in [4.69, 9.17) is 0 Å². The van der Waals surface area contributed by atoms with Crippen LogP contribution in [-0.4, -0.2) is 62.0 Å². The van der Waals surface area contributed by atoms with Crippen LogP contribution in [0.4, 0.5) is 5.69 Å². The van der Waals surface area contributed by atoms with Crippen molar-refractivity contribution in [3.8, 4) is 0 Å². The second kappa shape index (κ2) is 9.44. The predicted octanol–water partition coefficient (Wildman–Crippen LogP) is 1.41. The molecule has 1 aromatic heterocycles. The number of rotatable bonds is 7. The molecular weight excluding hydrogens is 348 g/mol. The maximum Gasteiger partial charge on any atom is 0.337 e. The number of likely N-dealkylation sites (N-methyl/N-ethyl adjacent to an activating group) is 1. The van der Waals surface area contributed by atoms with Crippen molar-refractivity contribution in [2.75, 3.05) is 39.6 Å². The number of methoxy groups -OCH3 is 1. The number of amides is 2. The highest BCUT2D eigenvalue weighted by molar-refractivity contribution is 6.04. The van der Waals surface area contributed by atoms with Gasteiger partial charge in [-0.3, -0.25) is 9.59 Å². The Balaban J connectivity index is 2.07. The highest BCUT2D eigenvalue weighted by atomic mass is 16.5. The summed E-state index contributed by atoms with van der Waals surface area (Å²) >= 11 is 0. The average Bonchev–Trinajstić information content (AvgIpc) is 2.67. The van der Waals surface area contributed by atoms with Gasteiger partial charge in [-0.05, 0) is 44.4 Å². The molecule has 0 unspecified atom stereocenters. The van der Waals surface area contributed by atoms with Crippen LogP contribution in [-0.2, 0) is 4.74 Å². The topological polar surface area (TPSA) is 101 Å². The number of esters is 1. The molecular formula is C19H22N4O4. The number of nitrogens with one attached hydrogen (secondary N) is 2. The van der Waals surface area contributed by atoms with E-state index in [1.807, 2.05) is 19.0 Å². The zero-order chi connectivity index (χ0) is 19.8. The van der Waals surface area contributed by atoms with Crippen LogP contribution in [0.25, 0.3) is 0 Å². The molecule has 1 heterocycles. The molecule has 2 N–H and O–H groups in total. The lowest BCUT2D eigenvalue weighted by Gasteiger charge is -2.10.